The van der Waals surface area contributed by atoms with E-state index in [1.165, 1.54) is 37.0 Å². The number of nitrogens with zero attached hydrogens (tertiary/aromatic N) is 1. The molecule has 116 valence electrons. The average Bonchev–Trinajstić information content (AvgIpc) is 3.22. The maximum atomic E-state index is 12.3. The van der Waals surface area contributed by atoms with Gasteiger partial charge in [-0.1, -0.05) is 11.3 Å². The summed E-state index contributed by atoms with van der Waals surface area (Å²) in [5.41, 5.74) is 6.20. The summed E-state index contributed by atoms with van der Waals surface area (Å²) in [4.78, 5) is 17.1. The summed E-state index contributed by atoms with van der Waals surface area (Å²) in [5, 5.41) is 7.02. The second kappa shape index (κ2) is 4.87. The summed E-state index contributed by atoms with van der Waals surface area (Å²) >= 11 is 1.33. The lowest BCUT2D eigenvalue weighted by Crippen LogP contribution is -2.31. The van der Waals surface area contributed by atoms with E-state index in [0.29, 0.717) is 21.2 Å². The monoisotopic (exact) mass is 308 g/mol. The van der Waals surface area contributed by atoms with E-state index in [1.54, 1.807) is 0 Å². The molecule has 0 spiro atoms. The number of anilines is 2. The summed E-state index contributed by atoms with van der Waals surface area (Å²) in [7, 11) is 0. The Labute approximate surface area is 129 Å². The maximum Gasteiger partial charge on any atom is 0.265 e. The van der Waals surface area contributed by atoms with Crippen LogP contribution in [0, 0.1) is 11.3 Å². The number of hydrogen-bond acceptors (Lipinski definition) is 5. The third-order valence-corrected chi connectivity index (χ3v) is 5.26. The molecular formula is C15H24N4OS. The molecule has 1 aromatic rings. The van der Waals surface area contributed by atoms with Crippen LogP contribution in [0.3, 0.4) is 0 Å². The van der Waals surface area contributed by atoms with Gasteiger partial charge < -0.3 is 16.4 Å². The molecule has 21 heavy (non-hydrogen) atoms. The Bertz CT molecular complexity index is 553. The van der Waals surface area contributed by atoms with Gasteiger partial charge in [0.15, 0.2) is 5.13 Å². The van der Waals surface area contributed by atoms with Crippen molar-refractivity contribution in [3.8, 4) is 0 Å². The summed E-state index contributed by atoms with van der Waals surface area (Å²) in [5.74, 6) is 1.08. The fourth-order valence-corrected chi connectivity index (χ4v) is 3.80. The molecule has 0 bridgehead atoms. The average molecular weight is 308 g/mol. The van der Waals surface area contributed by atoms with E-state index in [0.717, 1.165) is 12.5 Å². The topological polar surface area (TPSA) is 80.0 Å². The first kappa shape index (κ1) is 14.6. The van der Waals surface area contributed by atoms with Gasteiger partial charge in [-0.05, 0) is 57.8 Å². The number of nitrogens with one attached hydrogen (secondary N) is 2. The lowest BCUT2D eigenvalue weighted by molar-refractivity contribution is 0.0947. The number of hydrogen-bond donors (Lipinski definition) is 3. The van der Waals surface area contributed by atoms with Gasteiger partial charge in [0.05, 0.1) is 0 Å². The van der Waals surface area contributed by atoms with Crippen LogP contribution in [0.2, 0.25) is 0 Å². The predicted molar refractivity (Wildman–Crippen MR) is 86.6 cm³/mol. The van der Waals surface area contributed by atoms with Crippen molar-refractivity contribution in [1.82, 2.24) is 10.3 Å². The normalized spacial score (nSPS) is 20.1. The zero-order valence-electron chi connectivity index (χ0n) is 13.0. The van der Waals surface area contributed by atoms with Gasteiger partial charge in [-0.3, -0.25) is 4.79 Å². The van der Waals surface area contributed by atoms with E-state index < -0.39 is 0 Å². The minimum atomic E-state index is -0.0952. The molecule has 1 aromatic heterocycles. The van der Waals surface area contributed by atoms with Gasteiger partial charge in [0, 0.05) is 12.1 Å². The molecule has 0 radical (unpaired) electrons. The van der Waals surface area contributed by atoms with Gasteiger partial charge in [0.2, 0.25) is 0 Å². The molecule has 0 saturated heterocycles. The minimum absolute atomic E-state index is 0.0844. The van der Waals surface area contributed by atoms with Crippen LogP contribution in [0.1, 0.15) is 56.1 Å². The molecular weight excluding hydrogens is 284 g/mol. The van der Waals surface area contributed by atoms with E-state index in [4.69, 9.17) is 5.73 Å². The molecule has 0 atom stereocenters. The number of amides is 1. The third-order valence-electron chi connectivity index (χ3n) is 4.28. The predicted octanol–water partition coefficient (Wildman–Crippen LogP) is 2.86. The molecule has 2 saturated carbocycles. The lowest BCUT2D eigenvalue weighted by Gasteiger charge is -2.19. The van der Waals surface area contributed by atoms with Crippen molar-refractivity contribution in [2.24, 2.45) is 11.3 Å². The number of thiazole rings is 1. The van der Waals surface area contributed by atoms with Crippen LogP contribution in [0.15, 0.2) is 0 Å². The van der Waals surface area contributed by atoms with Crippen molar-refractivity contribution in [1.29, 1.82) is 0 Å². The Morgan fingerprint density at radius 2 is 2.10 bits per heavy atom. The third kappa shape index (κ3) is 3.31. The number of carbonyl (C=O) groups excluding carboxylic acids is 1. The Balaban J connectivity index is 1.61. The largest absolute Gasteiger partial charge is 0.382 e. The van der Waals surface area contributed by atoms with Crippen molar-refractivity contribution >= 4 is 28.2 Å². The zero-order chi connectivity index (χ0) is 15.3. The molecule has 6 heteroatoms. The highest BCUT2D eigenvalue weighted by Gasteiger charge is 2.53. The highest BCUT2D eigenvalue weighted by molar-refractivity contribution is 7.18. The molecule has 3 rings (SSSR count). The van der Waals surface area contributed by atoms with E-state index in [9.17, 15) is 4.79 Å². The Morgan fingerprint density at radius 1 is 1.43 bits per heavy atom. The minimum Gasteiger partial charge on any atom is -0.382 e. The van der Waals surface area contributed by atoms with E-state index >= 15 is 0 Å². The summed E-state index contributed by atoms with van der Waals surface area (Å²) in [6, 6.07) is 0. The molecule has 0 unspecified atom stereocenters. The lowest BCUT2D eigenvalue weighted by atomic mass is 10.0. The molecule has 0 aliphatic heterocycles. The summed E-state index contributed by atoms with van der Waals surface area (Å²) < 4.78 is 0. The van der Waals surface area contributed by atoms with Gasteiger partial charge in [-0.15, -0.1) is 0 Å². The molecule has 5 nitrogen and oxygen atoms in total. The van der Waals surface area contributed by atoms with Crippen molar-refractivity contribution < 1.29 is 4.79 Å². The first-order chi connectivity index (χ1) is 9.79. The van der Waals surface area contributed by atoms with E-state index in [-0.39, 0.29) is 11.4 Å². The standard InChI is InChI=1S/C15H24N4OS/c1-14(2,3)19-13-18-11(16)10(21-13)12(20)17-8-15(6-7-15)9-4-5-9/h9H,4-8,16H2,1-3H3,(H,17,20)(H,18,19). The number of nitrogens with two attached hydrogens (primary N) is 1. The van der Waals surface area contributed by atoms with E-state index in [1.807, 2.05) is 0 Å². The molecule has 2 aliphatic rings. The molecule has 1 amide bonds. The molecule has 2 aliphatic carbocycles. The van der Waals surface area contributed by atoms with Crippen LogP contribution in [-0.4, -0.2) is 23.0 Å². The van der Waals surface area contributed by atoms with Crippen LogP contribution in [-0.2, 0) is 0 Å². The van der Waals surface area contributed by atoms with Crippen molar-refractivity contribution in [3.63, 3.8) is 0 Å². The molecule has 2 fully saturated rings. The van der Waals surface area contributed by atoms with Crippen LogP contribution in [0.5, 0.6) is 0 Å². The van der Waals surface area contributed by atoms with Crippen LogP contribution >= 0.6 is 11.3 Å². The second-order valence-electron chi connectivity index (χ2n) is 7.43. The van der Waals surface area contributed by atoms with Gasteiger partial charge in [-0.25, -0.2) is 4.98 Å². The quantitative estimate of drug-likeness (QED) is 0.781. The molecule has 1 heterocycles. The molecule has 4 N–H and O–H groups in total. The summed E-state index contributed by atoms with van der Waals surface area (Å²) in [6.45, 7) is 6.94. The van der Waals surface area contributed by atoms with Gasteiger partial charge in [0.1, 0.15) is 10.7 Å². The Hall–Kier alpha value is -1.30. The Morgan fingerprint density at radius 3 is 2.62 bits per heavy atom. The maximum absolute atomic E-state index is 12.3. The van der Waals surface area contributed by atoms with Gasteiger partial charge in [-0.2, -0.15) is 0 Å². The smallest absolute Gasteiger partial charge is 0.265 e. The highest BCUT2D eigenvalue weighted by atomic mass is 32.1. The SMILES string of the molecule is CC(C)(C)Nc1nc(N)c(C(=O)NCC2(C3CC3)CC2)s1. The highest BCUT2D eigenvalue weighted by Crippen LogP contribution is 2.60. The van der Waals surface area contributed by atoms with Crippen LogP contribution in [0.25, 0.3) is 0 Å². The Kier molecular flexibility index (Phi) is 3.39. The van der Waals surface area contributed by atoms with Crippen LogP contribution in [0.4, 0.5) is 10.9 Å². The summed E-state index contributed by atoms with van der Waals surface area (Å²) in [6.07, 6.45) is 5.18. The van der Waals surface area contributed by atoms with Crippen molar-refractivity contribution in [3.05, 3.63) is 4.88 Å². The van der Waals surface area contributed by atoms with Crippen molar-refractivity contribution in [2.75, 3.05) is 17.6 Å². The number of carbonyl (C=O) groups is 1. The first-order valence-corrected chi connectivity index (χ1v) is 8.43. The number of aromatic nitrogens is 1. The number of rotatable bonds is 5. The second-order valence-corrected chi connectivity index (χ2v) is 8.43. The fourth-order valence-electron chi connectivity index (χ4n) is 2.79. The fraction of sp³-hybridized carbons (Fsp3) is 0.733. The number of nitrogen functional groups attached to an aromatic ring is 1. The zero-order valence-corrected chi connectivity index (χ0v) is 13.8. The van der Waals surface area contributed by atoms with Crippen molar-refractivity contribution in [2.45, 2.75) is 52.0 Å². The first-order valence-electron chi connectivity index (χ1n) is 7.62. The van der Waals surface area contributed by atoms with Gasteiger partial charge >= 0.3 is 0 Å². The van der Waals surface area contributed by atoms with Crippen LogP contribution < -0.4 is 16.4 Å². The van der Waals surface area contributed by atoms with Gasteiger partial charge in [0.25, 0.3) is 5.91 Å². The van der Waals surface area contributed by atoms with E-state index in [2.05, 4.69) is 36.4 Å². The molecule has 0 aromatic carbocycles.